The average molecular weight is 168 g/mol. The second-order valence-corrected chi connectivity index (χ2v) is 2.71. The summed E-state index contributed by atoms with van der Waals surface area (Å²) in [5.74, 6) is 0. The van der Waals surface area contributed by atoms with E-state index >= 15 is 0 Å². The van der Waals surface area contributed by atoms with E-state index < -0.39 is 4.92 Å². The summed E-state index contributed by atoms with van der Waals surface area (Å²) in [6, 6.07) is 0. The molecule has 0 aromatic rings. The van der Waals surface area contributed by atoms with Crippen LogP contribution in [0.1, 0.15) is 12.8 Å². The normalized spacial score (nSPS) is 18.2. The minimum absolute atomic E-state index is 0.464. The van der Waals surface area contributed by atoms with Crippen molar-refractivity contribution in [2.45, 2.75) is 12.8 Å². The van der Waals surface area contributed by atoms with Gasteiger partial charge in [0.05, 0.1) is 4.92 Å². The van der Waals surface area contributed by atoms with Crippen molar-refractivity contribution in [3.05, 3.63) is 34.7 Å². The zero-order valence-corrected chi connectivity index (χ0v) is 6.85. The average Bonchev–Trinajstić information content (AvgIpc) is 2.49. The second kappa shape index (κ2) is 4.54. The van der Waals surface area contributed by atoms with E-state index in [9.17, 15) is 10.1 Å². The van der Waals surface area contributed by atoms with Crippen molar-refractivity contribution < 1.29 is 4.92 Å². The minimum atomic E-state index is -0.464. The Labute approximate surface area is 71.3 Å². The number of rotatable bonds is 3. The van der Waals surface area contributed by atoms with E-state index in [1.165, 1.54) is 18.9 Å². The summed E-state index contributed by atoms with van der Waals surface area (Å²) in [6.45, 7) is 2.14. The molecule has 0 bridgehead atoms. The molecule has 1 aliphatic heterocycles. The third-order valence-corrected chi connectivity index (χ3v) is 1.76. The number of nitrogens with zero attached hydrogens (tertiary/aromatic N) is 2. The molecule has 1 heterocycles. The van der Waals surface area contributed by atoms with E-state index in [0.29, 0.717) is 0 Å². The van der Waals surface area contributed by atoms with E-state index in [1.54, 1.807) is 6.08 Å². The van der Waals surface area contributed by atoms with Gasteiger partial charge in [-0.25, -0.2) is 0 Å². The fourth-order valence-corrected chi connectivity index (χ4v) is 1.18. The molecule has 4 heteroatoms. The molecule has 1 aliphatic rings. The summed E-state index contributed by atoms with van der Waals surface area (Å²) in [4.78, 5) is 11.6. The molecule has 66 valence electrons. The Kier molecular flexibility index (Phi) is 3.32. The van der Waals surface area contributed by atoms with Crippen LogP contribution in [0.2, 0.25) is 0 Å². The summed E-state index contributed by atoms with van der Waals surface area (Å²) >= 11 is 0. The Hall–Kier alpha value is -1.32. The zero-order chi connectivity index (χ0) is 8.81. The van der Waals surface area contributed by atoms with Crippen LogP contribution in [0.4, 0.5) is 0 Å². The maximum atomic E-state index is 9.87. The van der Waals surface area contributed by atoms with E-state index in [0.717, 1.165) is 19.3 Å². The molecular formula is C8H12N2O2. The van der Waals surface area contributed by atoms with Crippen LogP contribution in [-0.4, -0.2) is 22.9 Å². The topological polar surface area (TPSA) is 46.4 Å². The van der Waals surface area contributed by atoms with Gasteiger partial charge >= 0.3 is 0 Å². The molecule has 0 unspecified atom stereocenters. The van der Waals surface area contributed by atoms with Gasteiger partial charge in [-0.05, 0) is 25.1 Å². The molecule has 0 spiro atoms. The van der Waals surface area contributed by atoms with Crippen molar-refractivity contribution in [3.63, 3.8) is 0 Å². The van der Waals surface area contributed by atoms with Crippen molar-refractivity contribution in [1.29, 1.82) is 0 Å². The van der Waals surface area contributed by atoms with Crippen molar-refractivity contribution in [2.24, 2.45) is 0 Å². The second-order valence-electron chi connectivity index (χ2n) is 2.71. The first-order chi connectivity index (χ1) is 5.79. The smallest absolute Gasteiger partial charge is 0.234 e. The Morgan fingerprint density at radius 3 is 2.50 bits per heavy atom. The highest BCUT2D eigenvalue weighted by Crippen LogP contribution is 2.06. The van der Waals surface area contributed by atoms with Gasteiger partial charge in [0.2, 0.25) is 6.20 Å². The maximum Gasteiger partial charge on any atom is 0.234 e. The molecule has 1 saturated heterocycles. The van der Waals surface area contributed by atoms with E-state index in [2.05, 4.69) is 4.90 Å². The van der Waals surface area contributed by atoms with Gasteiger partial charge in [0, 0.05) is 19.2 Å². The summed E-state index contributed by atoms with van der Waals surface area (Å²) < 4.78 is 0. The lowest BCUT2D eigenvalue weighted by Gasteiger charge is -2.08. The molecule has 1 fully saturated rings. The van der Waals surface area contributed by atoms with Crippen molar-refractivity contribution in [3.8, 4) is 0 Å². The predicted octanol–water partition coefficient (Wildman–Crippen LogP) is 1.39. The number of hydrogen-bond donors (Lipinski definition) is 0. The molecule has 0 aromatic carbocycles. The lowest BCUT2D eigenvalue weighted by atomic mass is 10.4. The van der Waals surface area contributed by atoms with E-state index in [4.69, 9.17) is 0 Å². The van der Waals surface area contributed by atoms with Gasteiger partial charge in [-0.1, -0.05) is 0 Å². The van der Waals surface area contributed by atoms with Crippen LogP contribution in [0.25, 0.3) is 0 Å². The molecule has 1 rings (SSSR count). The van der Waals surface area contributed by atoms with Crippen molar-refractivity contribution >= 4 is 0 Å². The fraction of sp³-hybridized carbons (Fsp3) is 0.500. The maximum absolute atomic E-state index is 9.87. The molecule has 0 atom stereocenters. The number of allylic oxidation sites excluding steroid dienone is 2. The summed E-state index contributed by atoms with van der Waals surface area (Å²) in [5, 5.41) is 9.87. The van der Waals surface area contributed by atoms with Gasteiger partial charge in [-0.15, -0.1) is 0 Å². The van der Waals surface area contributed by atoms with Gasteiger partial charge in [0.1, 0.15) is 0 Å². The summed E-state index contributed by atoms with van der Waals surface area (Å²) in [6.07, 6.45) is 8.43. The molecule has 0 radical (unpaired) electrons. The Bertz CT molecular complexity index is 205. The van der Waals surface area contributed by atoms with Crippen LogP contribution in [-0.2, 0) is 0 Å². The fourth-order valence-electron chi connectivity index (χ4n) is 1.18. The Balaban J connectivity index is 2.24. The summed E-state index contributed by atoms with van der Waals surface area (Å²) in [5.41, 5.74) is 0. The molecule has 12 heavy (non-hydrogen) atoms. The van der Waals surface area contributed by atoms with Gasteiger partial charge in [-0.2, -0.15) is 0 Å². The zero-order valence-electron chi connectivity index (χ0n) is 6.85. The Morgan fingerprint density at radius 2 is 1.92 bits per heavy atom. The monoisotopic (exact) mass is 168 g/mol. The van der Waals surface area contributed by atoms with Crippen LogP contribution < -0.4 is 0 Å². The summed E-state index contributed by atoms with van der Waals surface area (Å²) in [7, 11) is 0. The first-order valence-electron chi connectivity index (χ1n) is 4.01. The number of nitro groups is 1. The largest absolute Gasteiger partial charge is 0.377 e. The molecule has 0 amide bonds. The van der Waals surface area contributed by atoms with Gasteiger partial charge in [0.15, 0.2) is 0 Å². The molecule has 0 aromatic heterocycles. The predicted molar refractivity (Wildman–Crippen MR) is 46.1 cm³/mol. The first kappa shape index (κ1) is 8.77. The van der Waals surface area contributed by atoms with Crippen LogP contribution in [0, 0.1) is 10.1 Å². The van der Waals surface area contributed by atoms with Crippen LogP contribution in [0.15, 0.2) is 24.6 Å². The highest BCUT2D eigenvalue weighted by molar-refractivity contribution is 4.99. The van der Waals surface area contributed by atoms with Gasteiger partial charge in [0.25, 0.3) is 0 Å². The molecule has 0 aliphatic carbocycles. The number of hydrogen-bond acceptors (Lipinski definition) is 3. The molecule has 4 nitrogen and oxygen atoms in total. The molecule has 0 saturated carbocycles. The van der Waals surface area contributed by atoms with Crippen molar-refractivity contribution in [1.82, 2.24) is 4.90 Å². The highest BCUT2D eigenvalue weighted by atomic mass is 16.6. The first-order valence-corrected chi connectivity index (χ1v) is 4.01. The molecular weight excluding hydrogens is 156 g/mol. The van der Waals surface area contributed by atoms with Crippen LogP contribution in [0.5, 0.6) is 0 Å². The van der Waals surface area contributed by atoms with Crippen molar-refractivity contribution in [2.75, 3.05) is 13.1 Å². The van der Waals surface area contributed by atoms with E-state index in [-0.39, 0.29) is 0 Å². The quantitative estimate of drug-likeness (QED) is 0.363. The van der Waals surface area contributed by atoms with Crippen LogP contribution in [0.3, 0.4) is 0 Å². The SMILES string of the molecule is O=[N+]([O-])C=CC=CN1CCCC1. The molecule has 0 N–H and O–H groups in total. The Morgan fingerprint density at radius 1 is 1.25 bits per heavy atom. The lowest BCUT2D eigenvalue weighted by Crippen LogP contribution is -2.09. The van der Waals surface area contributed by atoms with E-state index in [1.807, 2.05) is 6.20 Å². The van der Waals surface area contributed by atoms with Crippen LogP contribution >= 0.6 is 0 Å². The highest BCUT2D eigenvalue weighted by Gasteiger charge is 2.05. The third kappa shape index (κ3) is 3.18. The van der Waals surface area contributed by atoms with Gasteiger partial charge in [-0.3, -0.25) is 10.1 Å². The lowest BCUT2D eigenvalue weighted by molar-refractivity contribution is -0.402. The standard InChI is InChI=1S/C8H12N2O2/c11-10(12)8-4-3-7-9-5-1-2-6-9/h3-4,7-8H,1-2,5-6H2. The minimum Gasteiger partial charge on any atom is -0.377 e. The van der Waals surface area contributed by atoms with Gasteiger partial charge < -0.3 is 4.90 Å². The number of likely N-dealkylation sites (tertiary alicyclic amines) is 1. The third-order valence-electron chi connectivity index (χ3n) is 1.76.